The molecule has 0 spiro atoms. The Kier molecular flexibility index (Phi) is 3.59. The zero-order valence-corrected chi connectivity index (χ0v) is 10.4. The Balaban J connectivity index is 1.93. The van der Waals surface area contributed by atoms with Gasteiger partial charge in [-0.15, -0.1) is 0 Å². The molecule has 4 atom stereocenters. The Morgan fingerprint density at radius 3 is 2.94 bits per heavy atom. The number of nitrogens with one attached hydrogen (secondary N) is 2. The first-order chi connectivity index (χ1) is 7.66. The second kappa shape index (κ2) is 4.95. The fourth-order valence-electron chi connectivity index (χ4n) is 2.59. The Morgan fingerprint density at radius 2 is 2.25 bits per heavy atom. The van der Waals surface area contributed by atoms with E-state index in [9.17, 15) is 0 Å². The van der Waals surface area contributed by atoms with Crippen molar-refractivity contribution >= 4 is 0 Å². The van der Waals surface area contributed by atoms with Gasteiger partial charge in [-0.2, -0.15) is 5.10 Å². The van der Waals surface area contributed by atoms with Crippen LogP contribution in [0.5, 0.6) is 0 Å². The van der Waals surface area contributed by atoms with E-state index in [4.69, 9.17) is 0 Å². The zero-order valence-electron chi connectivity index (χ0n) is 10.4. The summed E-state index contributed by atoms with van der Waals surface area (Å²) < 4.78 is 0. The van der Waals surface area contributed by atoms with Crippen molar-refractivity contribution in [2.75, 3.05) is 0 Å². The molecule has 90 valence electrons. The molecule has 0 amide bonds. The third-order valence-corrected chi connectivity index (χ3v) is 3.77. The van der Waals surface area contributed by atoms with Crippen molar-refractivity contribution in [3.05, 3.63) is 12.2 Å². The van der Waals surface area contributed by atoms with Gasteiger partial charge in [-0.3, -0.25) is 5.10 Å². The molecule has 4 unspecified atom stereocenters. The average Bonchev–Trinajstić information content (AvgIpc) is 2.76. The van der Waals surface area contributed by atoms with Crippen molar-refractivity contribution in [2.24, 2.45) is 11.8 Å². The first-order valence-electron chi connectivity index (χ1n) is 6.28. The molecular formula is C12H22N4. The number of aromatic amines is 1. The van der Waals surface area contributed by atoms with Gasteiger partial charge < -0.3 is 5.32 Å². The fraction of sp³-hybridized carbons (Fsp3) is 0.833. The fourth-order valence-corrected chi connectivity index (χ4v) is 2.59. The van der Waals surface area contributed by atoms with Gasteiger partial charge in [0.05, 0.1) is 6.04 Å². The number of H-pyrrole nitrogens is 1. The van der Waals surface area contributed by atoms with Crippen LogP contribution in [-0.4, -0.2) is 21.2 Å². The average molecular weight is 222 g/mol. The van der Waals surface area contributed by atoms with Gasteiger partial charge in [0.15, 0.2) is 0 Å². The van der Waals surface area contributed by atoms with Crippen LogP contribution in [0.3, 0.4) is 0 Å². The lowest BCUT2D eigenvalue weighted by Crippen LogP contribution is -2.41. The number of rotatable bonds is 3. The summed E-state index contributed by atoms with van der Waals surface area (Å²) in [5.74, 6) is 2.54. The zero-order chi connectivity index (χ0) is 11.5. The Bertz CT molecular complexity index is 309. The summed E-state index contributed by atoms with van der Waals surface area (Å²) in [6.07, 6.45) is 5.55. The van der Waals surface area contributed by atoms with Crippen LogP contribution in [0.1, 0.15) is 51.9 Å². The molecule has 1 saturated carbocycles. The van der Waals surface area contributed by atoms with Gasteiger partial charge in [-0.25, -0.2) is 4.98 Å². The van der Waals surface area contributed by atoms with E-state index in [0.29, 0.717) is 6.04 Å². The highest BCUT2D eigenvalue weighted by Crippen LogP contribution is 2.29. The van der Waals surface area contributed by atoms with Gasteiger partial charge in [-0.05, 0) is 31.6 Å². The van der Waals surface area contributed by atoms with Crippen LogP contribution < -0.4 is 5.32 Å². The Hall–Kier alpha value is -0.900. The Morgan fingerprint density at radius 1 is 1.44 bits per heavy atom. The second-order valence-corrected chi connectivity index (χ2v) is 5.26. The first kappa shape index (κ1) is 11.6. The number of aromatic nitrogens is 3. The Labute approximate surface area is 97.2 Å². The third-order valence-electron chi connectivity index (χ3n) is 3.77. The molecule has 1 aliphatic rings. The van der Waals surface area contributed by atoms with Crippen LogP contribution in [0.25, 0.3) is 0 Å². The summed E-state index contributed by atoms with van der Waals surface area (Å²) in [5.41, 5.74) is 0. The molecule has 0 bridgehead atoms. The van der Waals surface area contributed by atoms with Gasteiger partial charge in [0.1, 0.15) is 12.2 Å². The largest absolute Gasteiger partial charge is 0.304 e. The summed E-state index contributed by atoms with van der Waals surface area (Å²) >= 11 is 0. The van der Waals surface area contributed by atoms with E-state index in [1.54, 1.807) is 6.33 Å². The lowest BCUT2D eigenvalue weighted by atomic mass is 9.80. The summed E-state index contributed by atoms with van der Waals surface area (Å²) in [5, 5.41) is 10.5. The minimum absolute atomic E-state index is 0.264. The second-order valence-electron chi connectivity index (χ2n) is 5.26. The van der Waals surface area contributed by atoms with Crippen LogP contribution in [0.4, 0.5) is 0 Å². The molecule has 1 fully saturated rings. The SMILES string of the molecule is CC1CCC(C)C(NC(C)c2ncn[nH]2)C1. The molecule has 2 N–H and O–H groups in total. The summed E-state index contributed by atoms with van der Waals surface area (Å²) in [7, 11) is 0. The molecule has 0 saturated heterocycles. The quantitative estimate of drug-likeness (QED) is 0.825. The maximum absolute atomic E-state index is 4.20. The molecule has 2 rings (SSSR count). The molecule has 0 radical (unpaired) electrons. The predicted molar refractivity (Wildman–Crippen MR) is 63.9 cm³/mol. The standard InChI is InChI=1S/C12H22N4/c1-8-4-5-9(2)11(6-8)15-10(3)12-13-7-14-16-12/h7-11,15H,4-6H2,1-3H3,(H,13,14,16). The van der Waals surface area contributed by atoms with Crippen LogP contribution >= 0.6 is 0 Å². The van der Waals surface area contributed by atoms with Crippen molar-refractivity contribution < 1.29 is 0 Å². The smallest absolute Gasteiger partial charge is 0.141 e. The molecule has 0 aromatic carbocycles. The van der Waals surface area contributed by atoms with Gasteiger partial charge in [0.2, 0.25) is 0 Å². The highest BCUT2D eigenvalue weighted by Gasteiger charge is 2.26. The molecule has 1 aromatic rings. The normalized spacial score (nSPS) is 32.6. The van der Waals surface area contributed by atoms with E-state index < -0.39 is 0 Å². The summed E-state index contributed by atoms with van der Waals surface area (Å²) in [4.78, 5) is 4.20. The monoisotopic (exact) mass is 222 g/mol. The molecule has 4 heteroatoms. The van der Waals surface area contributed by atoms with E-state index in [1.165, 1.54) is 19.3 Å². The summed E-state index contributed by atoms with van der Waals surface area (Å²) in [6.45, 7) is 6.84. The molecule has 1 aliphatic carbocycles. The van der Waals surface area contributed by atoms with E-state index in [-0.39, 0.29) is 6.04 Å². The van der Waals surface area contributed by atoms with E-state index in [2.05, 4.69) is 41.3 Å². The van der Waals surface area contributed by atoms with E-state index in [1.807, 2.05) is 0 Å². The van der Waals surface area contributed by atoms with Gasteiger partial charge in [0, 0.05) is 6.04 Å². The highest BCUT2D eigenvalue weighted by molar-refractivity contribution is 4.92. The van der Waals surface area contributed by atoms with Gasteiger partial charge in [-0.1, -0.05) is 20.3 Å². The molecule has 0 aliphatic heterocycles. The van der Waals surface area contributed by atoms with Crippen molar-refractivity contribution in [3.8, 4) is 0 Å². The van der Waals surface area contributed by atoms with Gasteiger partial charge in [0.25, 0.3) is 0 Å². The molecule has 1 aromatic heterocycles. The van der Waals surface area contributed by atoms with Crippen molar-refractivity contribution in [3.63, 3.8) is 0 Å². The predicted octanol–water partition coefficient (Wildman–Crippen LogP) is 2.28. The van der Waals surface area contributed by atoms with Crippen molar-refractivity contribution in [2.45, 2.75) is 52.1 Å². The highest BCUT2D eigenvalue weighted by atomic mass is 15.2. The number of nitrogens with zero attached hydrogens (tertiary/aromatic N) is 2. The van der Waals surface area contributed by atoms with Crippen molar-refractivity contribution in [1.29, 1.82) is 0 Å². The van der Waals surface area contributed by atoms with E-state index in [0.717, 1.165) is 17.7 Å². The molecule has 16 heavy (non-hydrogen) atoms. The molecular weight excluding hydrogens is 200 g/mol. The van der Waals surface area contributed by atoms with Crippen molar-refractivity contribution in [1.82, 2.24) is 20.5 Å². The topological polar surface area (TPSA) is 53.6 Å². The lowest BCUT2D eigenvalue weighted by molar-refractivity contribution is 0.214. The lowest BCUT2D eigenvalue weighted by Gasteiger charge is -2.35. The van der Waals surface area contributed by atoms with Crippen LogP contribution in [0, 0.1) is 11.8 Å². The van der Waals surface area contributed by atoms with Crippen LogP contribution in [0.2, 0.25) is 0 Å². The number of hydrogen-bond acceptors (Lipinski definition) is 3. The first-order valence-corrected chi connectivity index (χ1v) is 6.28. The minimum Gasteiger partial charge on any atom is -0.304 e. The number of hydrogen-bond donors (Lipinski definition) is 2. The minimum atomic E-state index is 0.264. The third kappa shape index (κ3) is 2.61. The maximum atomic E-state index is 4.20. The molecule has 4 nitrogen and oxygen atoms in total. The molecule has 1 heterocycles. The van der Waals surface area contributed by atoms with Crippen LogP contribution in [-0.2, 0) is 0 Å². The van der Waals surface area contributed by atoms with Crippen LogP contribution in [0.15, 0.2) is 6.33 Å². The van der Waals surface area contributed by atoms with Gasteiger partial charge >= 0.3 is 0 Å². The maximum Gasteiger partial charge on any atom is 0.141 e. The summed E-state index contributed by atoms with van der Waals surface area (Å²) in [6, 6.07) is 0.879. The van der Waals surface area contributed by atoms with E-state index >= 15 is 0 Å².